The standard InChI is InChI=1S/C14H12ClFN2O2/c15-11-2-1-3-12(16)10(11)7-20-13-5-4-8(17)6-9(13)14(18)19/h1-6H,7,17H2,(H2,18,19). The molecule has 0 atom stereocenters. The van der Waals surface area contributed by atoms with Crippen molar-refractivity contribution in [2.75, 3.05) is 5.73 Å². The molecule has 0 heterocycles. The molecule has 2 rings (SSSR count). The van der Waals surface area contributed by atoms with Gasteiger partial charge in [0.1, 0.15) is 18.2 Å². The summed E-state index contributed by atoms with van der Waals surface area (Å²) in [5, 5.41) is 0.251. The normalized spacial score (nSPS) is 10.3. The second-order valence-electron chi connectivity index (χ2n) is 4.11. The molecule has 0 aliphatic carbocycles. The molecule has 20 heavy (non-hydrogen) atoms. The Hall–Kier alpha value is -2.27. The summed E-state index contributed by atoms with van der Waals surface area (Å²) in [6.07, 6.45) is 0. The molecular weight excluding hydrogens is 283 g/mol. The number of anilines is 1. The van der Waals surface area contributed by atoms with Crippen molar-refractivity contribution < 1.29 is 13.9 Å². The first kappa shape index (κ1) is 14.1. The lowest BCUT2D eigenvalue weighted by Gasteiger charge is -2.11. The fraction of sp³-hybridized carbons (Fsp3) is 0.0714. The van der Waals surface area contributed by atoms with Crippen molar-refractivity contribution in [2.45, 2.75) is 6.61 Å². The van der Waals surface area contributed by atoms with Crippen molar-refractivity contribution in [1.82, 2.24) is 0 Å². The SMILES string of the molecule is NC(=O)c1cc(N)ccc1OCc1c(F)cccc1Cl. The van der Waals surface area contributed by atoms with E-state index in [1.165, 1.54) is 24.3 Å². The van der Waals surface area contributed by atoms with Gasteiger partial charge in [0, 0.05) is 11.3 Å². The Bertz CT molecular complexity index is 641. The molecule has 2 aromatic carbocycles. The Balaban J connectivity index is 2.25. The van der Waals surface area contributed by atoms with Crippen LogP contribution in [0.5, 0.6) is 5.75 Å². The topological polar surface area (TPSA) is 78.3 Å². The number of carbonyl (C=O) groups is 1. The number of primary amides is 1. The van der Waals surface area contributed by atoms with Crippen molar-refractivity contribution in [3.8, 4) is 5.75 Å². The van der Waals surface area contributed by atoms with E-state index in [4.69, 9.17) is 27.8 Å². The van der Waals surface area contributed by atoms with E-state index in [0.29, 0.717) is 5.69 Å². The highest BCUT2D eigenvalue weighted by atomic mass is 35.5. The monoisotopic (exact) mass is 294 g/mol. The zero-order valence-corrected chi connectivity index (χ0v) is 11.2. The van der Waals surface area contributed by atoms with Crippen LogP contribution < -0.4 is 16.2 Å². The van der Waals surface area contributed by atoms with Crippen LogP contribution in [0.2, 0.25) is 5.02 Å². The molecule has 4 nitrogen and oxygen atoms in total. The number of benzene rings is 2. The van der Waals surface area contributed by atoms with E-state index in [-0.39, 0.29) is 28.5 Å². The summed E-state index contributed by atoms with van der Waals surface area (Å²) in [4.78, 5) is 11.3. The van der Waals surface area contributed by atoms with Crippen LogP contribution in [0.3, 0.4) is 0 Å². The Morgan fingerprint density at radius 2 is 2.05 bits per heavy atom. The predicted octanol–water partition coefficient (Wildman–Crippen LogP) is 2.74. The summed E-state index contributed by atoms with van der Waals surface area (Å²) >= 11 is 5.89. The van der Waals surface area contributed by atoms with Crippen LogP contribution in [0.15, 0.2) is 36.4 Å². The van der Waals surface area contributed by atoms with E-state index in [9.17, 15) is 9.18 Å². The first-order valence-electron chi connectivity index (χ1n) is 5.74. The van der Waals surface area contributed by atoms with Crippen LogP contribution >= 0.6 is 11.6 Å². The number of rotatable bonds is 4. The summed E-state index contributed by atoms with van der Waals surface area (Å²) < 4.78 is 19.0. The second-order valence-corrected chi connectivity index (χ2v) is 4.52. The summed E-state index contributed by atoms with van der Waals surface area (Å²) in [7, 11) is 0. The zero-order chi connectivity index (χ0) is 14.7. The Morgan fingerprint density at radius 1 is 1.30 bits per heavy atom. The van der Waals surface area contributed by atoms with Crippen molar-refractivity contribution >= 4 is 23.2 Å². The molecule has 0 aliphatic heterocycles. The van der Waals surface area contributed by atoms with Gasteiger partial charge in [-0.15, -0.1) is 0 Å². The average Bonchev–Trinajstić information content (AvgIpc) is 2.39. The van der Waals surface area contributed by atoms with Crippen LogP contribution in [0.1, 0.15) is 15.9 Å². The zero-order valence-electron chi connectivity index (χ0n) is 10.4. The molecule has 6 heteroatoms. The maximum Gasteiger partial charge on any atom is 0.252 e. The van der Waals surface area contributed by atoms with Gasteiger partial charge in [0.25, 0.3) is 5.91 Å². The molecule has 0 bridgehead atoms. The van der Waals surface area contributed by atoms with Gasteiger partial charge in [-0.25, -0.2) is 4.39 Å². The van der Waals surface area contributed by atoms with Crippen LogP contribution in [0.25, 0.3) is 0 Å². The van der Waals surface area contributed by atoms with E-state index in [1.807, 2.05) is 0 Å². The van der Waals surface area contributed by atoms with Crippen LogP contribution in [0, 0.1) is 5.82 Å². The maximum absolute atomic E-state index is 13.6. The summed E-state index contributed by atoms with van der Waals surface area (Å²) in [6.45, 7) is -0.115. The fourth-order valence-electron chi connectivity index (χ4n) is 1.69. The quantitative estimate of drug-likeness (QED) is 0.851. The van der Waals surface area contributed by atoms with Gasteiger partial charge in [-0.3, -0.25) is 4.79 Å². The molecule has 104 valence electrons. The molecule has 1 amide bonds. The van der Waals surface area contributed by atoms with Gasteiger partial charge in [-0.05, 0) is 30.3 Å². The predicted molar refractivity (Wildman–Crippen MR) is 75.1 cm³/mol. The minimum atomic E-state index is -0.674. The Kier molecular flexibility index (Phi) is 4.10. The Labute approximate surface area is 120 Å². The van der Waals surface area contributed by atoms with E-state index in [0.717, 1.165) is 0 Å². The number of ether oxygens (including phenoxy) is 1. The van der Waals surface area contributed by atoms with Gasteiger partial charge in [-0.1, -0.05) is 17.7 Å². The second kappa shape index (κ2) is 5.79. The highest BCUT2D eigenvalue weighted by molar-refractivity contribution is 6.31. The molecule has 2 aromatic rings. The number of nitrogens with two attached hydrogens (primary N) is 2. The lowest BCUT2D eigenvalue weighted by atomic mass is 10.1. The number of halogens is 2. The molecule has 0 aromatic heterocycles. The third-order valence-electron chi connectivity index (χ3n) is 2.70. The highest BCUT2D eigenvalue weighted by Gasteiger charge is 2.12. The van der Waals surface area contributed by atoms with Gasteiger partial charge in [0.2, 0.25) is 0 Å². The first-order valence-corrected chi connectivity index (χ1v) is 6.12. The van der Waals surface area contributed by atoms with Crippen molar-refractivity contribution in [1.29, 1.82) is 0 Å². The summed E-state index contributed by atoms with van der Waals surface area (Å²) in [5.41, 5.74) is 11.5. The summed E-state index contributed by atoms with van der Waals surface area (Å²) in [5.74, 6) is -0.925. The van der Waals surface area contributed by atoms with Crippen molar-refractivity contribution in [2.24, 2.45) is 5.73 Å². The molecule has 0 aliphatic rings. The lowest BCUT2D eigenvalue weighted by Crippen LogP contribution is -2.13. The van der Waals surface area contributed by atoms with Gasteiger partial charge in [0.15, 0.2) is 0 Å². The smallest absolute Gasteiger partial charge is 0.252 e. The third-order valence-corrected chi connectivity index (χ3v) is 3.06. The number of hydrogen-bond donors (Lipinski definition) is 2. The molecule has 0 spiro atoms. The first-order chi connectivity index (χ1) is 9.49. The van der Waals surface area contributed by atoms with E-state index >= 15 is 0 Å². The third kappa shape index (κ3) is 3.00. The maximum atomic E-state index is 13.6. The van der Waals surface area contributed by atoms with Gasteiger partial charge >= 0.3 is 0 Å². The van der Waals surface area contributed by atoms with E-state index in [1.54, 1.807) is 12.1 Å². The largest absolute Gasteiger partial charge is 0.488 e. The number of nitrogen functional groups attached to an aromatic ring is 1. The average molecular weight is 295 g/mol. The van der Waals surface area contributed by atoms with Crippen molar-refractivity contribution in [3.63, 3.8) is 0 Å². The molecule has 0 unspecified atom stereocenters. The minimum absolute atomic E-state index is 0.115. The summed E-state index contributed by atoms with van der Waals surface area (Å²) in [6, 6.07) is 8.80. The Morgan fingerprint density at radius 3 is 2.70 bits per heavy atom. The fourth-order valence-corrected chi connectivity index (χ4v) is 1.90. The molecule has 4 N–H and O–H groups in total. The minimum Gasteiger partial charge on any atom is -0.488 e. The van der Waals surface area contributed by atoms with Crippen LogP contribution in [-0.2, 0) is 6.61 Å². The number of carbonyl (C=O) groups excluding carboxylic acids is 1. The highest BCUT2D eigenvalue weighted by Crippen LogP contribution is 2.25. The van der Waals surface area contributed by atoms with Gasteiger partial charge in [0.05, 0.1) is 10.6 Å². The number of hydrogen-bond acceptors (Lipinski definition) is 3. The van der Waals surface area contributed by atoms with Gasteiger partial charge in [-0.2, -0.15) is 0 Å². The van der Waals surface area contributed by atoms with Gasteiger partial charge < -0.3 is 16.2 Å². The van der Waals surface area contributed by atoms with Crippen LogP contribution in [0.4, 0.5) is 10.1 Å². The number of amides is 1. The molecule has 0 radical (unpaired) electrons. The van der Waals surface area contributed by atoms with E-state index in [2.05, 4.69) is 0 Å². The lowest BCUT2D eigenvalue weighted by molar-refractivity contribution is 0.0996. The molecule has 0 fully saturated rings. The molecular formula is C14H12ClFN2O2. The molecule has 0 saturated carbocycles. The van der Waals surface area contributed by atoms with E-state index < -0.39 is 11.7 Å². The van der Waals surface area contributed by atoms with Crippen molar-refractivity contribution in [3.05, 3.63) is 58.4 Å². The van der Waals surface area contributed by atoms with Crippen LogP contribution in [-0.4, -0.2) is 5.91 Å². The molecule has 0 saturated heterocycles.